The zero-order chi connectivity index (χ0) is 14.5. The van der Waals surface area contributed by atoms with Crippen LogP contribution in [0.4, 0.5) is 0 Å². The van der Waals surface area contributed by atoms with Gasteiger partial charge in [-0.3, -0.25) is 0 Å². The van der Waals surface area contributed by atoms with Crippen LogP contribution in [0.2, 0.25) is 10.0 Å². The number of carbonyl (C=O) groups excluding carboxylic acids is 1. The highest BCUT2D eigenvalue weighted by molar-refractivity contribution is 6.35. The van der Waals surface area contributed by atoms with Crippen LogP contribution in [0.25, 0.3) is 12.2 Å². The molecule has 0 aliphatic heterocycles. The van der Waals surface area contributed by atoms with Crippen molar-refractivity contribution in [2.45, 2.75) is 6.92 Å². The van der Waals surface area contributed by atoms with Crippen LogP contribution in [0.1, 0.15) is 28.7 Å². The molecule has 6 heteroatoms. The van der Waals surface area contributed by atoms with Gasteiger partial charge in [0.15, 0.2) is 11.5 Å². The lowest BCUT2D eigenvalue weighted by Gasteiger charge is -1.97. The number of rotatable bonds is 4. The van der Waals surface area contributed by atoms with Gasteiger partial charge in [-0.2, -0.15) is 0 Å². The lowest BCUT2D eigenvalue weighted by atomic mass is 10.2. The maximum atomic E-state index is 11.4. The molecule has 20 heavy (non-hydrogen) atoms. The summed E-state index contributed by atoms with van der Waals surface area (Å²) in [6.45, 7) is 2.01. The second kappa shape index (κ2) is 6.59. The van der Waals surface area contributed by atoms with E-state index in [4.69, 9.17) is 32.5 Å². The molecule has 0 fully saturated rings. The first kappa shape index (κ1) is 14.6. The fraction of sp³-hybridized carbons (Fsp3) is 0.143. The standard InChI is InChI=1S/C14H11Cl2NO3/c1-2-19-14(18)13-8-11(20-17-13)6-4-9-3-5-10(15)7-12(9)16/h3-8H,2H2,1H3/b6-4+. The molecular formula is C14H11Cl2NO3. The van der Waals surface area contributed by atoms with Crippen LogP contribution < -0.4 is 0 Å². The Bertz CT molecular complexity index is 650. The van der Waals surface area contributed by atoms with Gasteiger partial charge in [0.25, 0.3) is 0 Å². The summed E-state index contributed by atoms with van der Waals surface area (Å²) in [5.74, 6) is -0.0838. The van der Waals surface area contributed by atoms with Crippen molar-refractivity contribution in [2.75, 3.05) is 6.61 Å². The number of ether oxygens (including phenoxy) is 1. The lowest BCUT2D eigenvalue weighted by molar-refractivity contribution is 0.0514. The van der Waals surface area contributed by atoms with Crippen molar-refractivity contribution < 1.29 is 14.1 Å². The summed E-state index contributed by atoms with van der Waals surface area (Å²) in [6.07, 6.45) is 3.40. The van der Waals surface area contributed by atoms with E-state index in [1.54, 1.807) is 37.3 Å². The molecule has 0 radical (unpaired) electrons. The van der Waals surface area contributed by atoms with Gasteiger partial charge in [0.2, 0.25) is 0 Å². The van der Waals surface area contributed by atoms with Gasteiger partial charge in [-0.25, -0.2) is 4.79 Å². The first-order valence-corrected chi connectivity index (χ1v) is 6.62. The third kappa shape index (κ3) is 3.62. The maximum absolute atomic E-state index is 11.4. The Morgan fingerprint density at radius 3 is 2.85 bits per heavy atom. The fourth-order valence-corrected chi connectivity index (χ4v) is 1.95. The number of aromatic nitrogens is 1. The minimum absolute atomic E-state index is 0.133. The molecule has 4 nitrogen and oxygen atoms in total. The minimum Gasteiger partial charge on any atom is -0.461 e. The van der Waals surface area contributed by atoms with Crippen molar-refractivity contribution in [3.05, 3.63) is 51.3 Å². The zero-order valence-electron chi connectivity index (χ0n) is 10.6. The Hall–Kier alpha value is -1.78. The molecule has 0 spiro atoms. The first-order chi connectivity index (χ1) is 9.60. The van der Waals surface area contributed by atoms with E-state index in [0.717, 1.165) is 5.56 Å². The van der Waals surface area contributed by atoms with Crippen molar-refractivity contribution in [3.8, 4) is 0 Å². The summed E-state index contributed by atoms with van der Waals surface area (Å²) in [4.78, 5) is 11.4. The van der Waals surface area contributed by atoms with E-state index in [0.29, 0.717) is 15.8 Å². The van der Waals surface area contributed by atoms with Gasteiger partial charge in [-0.1, -0.05) is 34.4 Å². The van der Waals surface area contributed by atoms with E-state index >= 15 is 0 Å². The number of esters is 1. The molecule has 0 aliphatic carbocycles. The zero-order valence-corrected chi connectivity index (χ0v) is 12.1. The number of nitrogens with zero attached hydrogens (tertiary/aromatic N) is 1. The molecule has 0 N–H and O–H groups in total. The van der Waals surface area contributed by atoms with Gasteiger partial charge >= 0.3 is 5.97 Å². The van der Waals surface area contributed by atoms with Gasteiger partial charge in [0.1, 0.15) is 0 Å². The summed E-state index contributed by atoms with van der Waals surface area (Å²) in [6, 6.07) is 6.66. The molecule has 1 aromatic heterocycles. The average Bonchev–Trinajstić information content (AvgIpc) is 2.87. The van der Waals surface area contributed by atoms with Crippen molar-refractivity contribution >= 4 is 41.3 Å². The molecule has 0 unspecified atom stereocenters. The van der Waals surface area contributed by atoms with Crippen LogP contribution in [0.15, 0.2) is 28.8 Å². The molecule has 0 saturated carbocycles. The van der Waals surface area contributed by atoms with Gasteiger partial charge < -0.3 is 9.26 Å². The molecule has 0 bridgehead atoms. The van der Waals surface area contributed by atoms with Crippen molar-refractivity contribution in [1.29, 1.82) is 0 Å². The smallest absolute Gasteiger partial charge is 0.360 e. The van der Waals surface area contributed by atoms with Crippen LogP contribution in [0, 0.1) is 0 Å². The van der Waals surface area contributed by atoms with Crippen LogP contribution >= 0.6 is 23.2 Å². The summed E-state index contributed by atoms with van der Waals surface area (Å²) in [5, 5.41) is 4.72. The highest BCUT2D eigenvalue weighted by atomic mass is 35.5. The van der Waals surface area contributed by atoms with E-state index in [1.165, 1.54) is 6.07 Å². The van der Waals surface area contributed by atoms with E-state index in [-0.39, 0.29) is 12.3 Å². The van der Waals surface area contributed by atoms with Crippen molar-refractivity contribution in [3.63, 3.8) is 0 Å². The van der Waals surface area contributed by atoms with Crippen LogP contribution in [0.3, 0.4) is 0 Å². The second-order valence-corrected chi connectivity index (χ2v) is 4.68. The number of halogens is 2. The number of hydrogen-bond acceptors (Lipinski definition) is 4. The molecule has 0 saturated heterocycles. The normalized spacial score (nSPS) is 10.9. The van der Waals surface area contributed by atoms with Gasteiger partial charge in [0.05, 0.1) is 6.61 Å². The Labute approximate surface area is 125 Å². The third-order valence-electron chi connectivity index (χ3n) is 2.40. The van der Waals surface area contributed by atoms with E-state index in [1.807, 2.05) is 0 Å². The van der Waals surface area contributed by atoms with E-state index in [9.17, 15) is 4.79 Å². The SMILES string of the molecule is CCOC(=O)c1cc(/C=C/c2ccc(Cl)cc2Cl)on1. The topological polar surface area (TPSA) is 52.3 Å². The van der Waals surface area contributed by atoms with Gasteiger partial charge in [-0.05, 0) is 36.8 Å². The minimum atomic E-state index is -0.513. The fourth-order valence-electron chi connectivity index (χ4n) is 1.48. The molecule has 1 aromatic carbocycles. The molecule has 0 atom stereocenters. The van der Waals surface area contributed by atoms with Crippen LogP contribution in [-0.2, 0) is 4.74 Å². The Kier molecular flexibility index (Phi) is 4.82. The second-order valence-electron chi connectivity index (χ2n) is 3.83. The summed E-state index contributed by atoms with van der Waals surface area (Å²) >= 11 is 11.9. The Morgan fingerprint density at radius 2 is 2.15 bits per heavy atom. The predicted molar refractivity (Wildman–Crippen MR) is 77.8 cm³/mol. The highest BCUT2D eigenvalue weighted by Gasteiger charge is 2.11. The maximum Gasteiger partial charge on any atom is 0.360 e. The van der Waals surface area contributed by atoms with Crippen molar-refractivity contribution in [1.82, 2.24) is 5.16 Å². The van der Waals surface area contributed by atoms with Gasteiger partial charge in [-0.15, -0.1) is 0 Å². The van der Waals surface area contributed by atoms with E-state index in [2.05, 4.69) is 5.16 Å². The third-order valence-corrected chi connectivity index (χ3v) is 2.97. The summed E-state index contributed by atoms with van der Waals surface area (Å²) in [7, 11) is 0. The van der Waals surface area contributed by atoms with Crippen LogP contribution in [0.5, 0.6) is 0 Å². The Balaban J connectivity index is 2.13. The molecule has 2 rings (SSSR count). The molecule has 1 heterocycles. The first-order valence-electron chi connectivity index (χ1n) is 5.87. The predicted octanol–water partition coefficient (Wildman–Crippen LogP) is 4.33. The molecule has 104 valence electrons. The summed E-state index contributed by atoms with van der Waals surface area (Å²) < 4.78 is 9.83. The van der Waals surface area contributed by atoms with Gasteiger partial charge in [0, 0.05) is 16.1 Å². The number of hydrogen-bond donors (Lipinski definition) is 0. The summed E-state index contributed by atoms with van der Waals surface area (Å²) in [5.41, 5.74) is 0.916. The largest absolute Gasteiger partial charge is 0.461 e. The highest BCUT2D eigenvalue weighted by Crippen LogP contribution is 2.23. The lowest BCUT2D eigenvalue weighted by Crippen LogP contribution is -2.04. The average molecular weight is 312 g/mol. The number of carbonyl (C=O) groups is 1. The van der Waals surface area contributed by atoms with Crippen molar-refractivity contribution in [2.24, 2.45) is 0 Å². The molecular weight excluding hydrogens is 301 g/mol. The van der Waals surface area contributed by atoms with Crippen LogP contribution in [-0.4, -0.2) is 17.7 Å². The molecule has 2 aromatic rings. The molecule has 0 amide bonds. The quantitative estimate of drug-likeness (QED) is 0.789. The monoisotopic (exact) mass is 311 g/mol. The Morgan fingerprint density at radius 1 is 1.35 bits per heavy atom. The molecule has 0 aliphatic rings. The van der Waals surface area contributed by atoms with E-state index < -0.39 is 5.97 Å². The number of benzene rings is 1.